The minimum atomic E-state index is -4.39. The maximum absolute atomic E-state index is 12.8. The molecule has 2 rings (SSSR count). The second kappa shape index (κ2) is 3.87. The highest BCUT2D eigenvalue weighted by molar-refractivity contribution is 5.82. The van der Waals surface area contributed by atoms with Crippen LogP contribution in [0.5, 0.6) is 0 Å². The van der Waals surface area contributed by atoms with Crippen LogP contribution < -0.4 is 0 Å². The van der Waals surface area contributed by atoms with Gasteiger partial charge in [0.15, 0.2) is 5.65 Å². The highest BCUT2D eigenvalue weighted by Gasteiger charge is 2.34. The molecule has 0 aliphatic carbocycles. The molecule has 0 aliphatic heterocycles. The van der Waals surface area contributed by atoms with Gasteiger partial charge in [0.2, 0.25) is 0 Å². The fraction of sp³-hybridized carbons (Fsp3) is 0.273. The third-order valence-corrected chi connectivity index (χ3v) is 2.42. The van der Waals surface area contributed by atoms with E-state index in [4.69, 9.17) is 0 Å². The molecule has 2 aromatic heterocycles. The van der Waals surface area contributed by atoms with Gasteiger partial charge in [-0.2, -0.15) is 18.3 Å². The third-order valence-electron chi connectivity index (χ3n) is 2.42. The second-order valence-electron chi connectivity index (χ2n) is 3.61. The number of aromatic nitrogens is 3. The molecule has 0 spiro atoms. The lowest BCUT2D eigenvalue weighted by atomic mass is 10.1. The Bertz CT molecular complexity index is 569. The molecular weight excluding hydrogens is 231 g/mol. The molecule has 2 aromatic rings. The molecule has 0 saturated heterocycles. The van der Waals surface area contributed by atoms with Crippen LogP contribution in [-0.2, 0) is 12.7 Å². The molecule has 17 heavy (non-hydrogen) atoms. The number of alkyl halides is 3. The Balaban J connectivity index is 2.77. The summed E-state index contributed by atoms with van der Waals surface area (Å²) in [7, 11) is 0. The van der Waals surface area contributed by atoms with Gasteiger partial charge in [0.05, 0.1) is 23.2 Å². The van der Waals surface area contributed by atoms with Gasteiger partial charge >= 0.3 is 6.18 Å². The van der Waals surface area contributed by atoms with Crippen molar-refractivity contribution in [2.24, 2.45) is 0 Å². The van der Waals surface area contributed by atoms with Gasteiger partial charge in [-0.3, -0.25) is 0 Å². The van der Waals surface area contributed by atoms with Crippen LogP contribution in [0.15, 0.2) is 24.9 Å². The summed E-state index contributed by atoms with van der Waals surface area (Å²) in [6, 6.07) is 0.968. The van der Waals surface area contributed by atoms with Gasteiger partial charge in [-0.05, 0) is 13.0 Å². The maximum Gasteiger partial charge on any atom is 0.417 e. The number of hydrogen-bond donors (Lipinski definition) is 0. The van der Waals surface area contributed by atoms with E-state index in [2.05, 4.69) is 16.7 Å². The molecule has 0 atom stereocenters. The molecule has 0 unspecified atom stereocenters. The summed E-state index contributed by atoms with van der Waals surface area (Å²) in [5.41, 5.74) is -0.144. The van der Waals surface area contributed by atoms with Crippen LogP contribution in [0.3, 0.4) is 0 Å². The lowest BCUT2D eigenvalue weighted by molar-refractivity contribution is -0.136. The van der Waals surface area contributed by atoms with Crippen LogP contribution in [0.25, 0.3) is 11.0 Å². The number of hydrogen-bond acceptors (Lipinski definition) is 2. The predicted octanol–water partition coefficient (Wildman–Crippen LogP) is 2.94. The number of fused-ring (bicyclic) bond motifs is 1. The van der Waals surface area contributed by atoms with E-state index in [1.807, 2.05) is 0 Å². The quantitative estimate of drug-likeness (QED) is 0.757. The Morgan fingerprint density at radius 2 is 2.18 bits per heavy atom. The van der Waals surface area contributed by atoms with Crippen molar-refractivity contribution in [3.05, 3.63) is 36.2 Å². The molecule has 0 saturated carbocycles. The first-order valence-electron chi connectivity index (χ1n) is 4.95. The van der Waals surface area contributed by atoms with E-state index in [0.717, 1.165) is 12.3 Å². The van der Waals surface area contributed by atoms with E-state index in [1.54, 1.807) is 13.0 Å². The second-order valence-corrected chi connectivity index (χ2v) is 3.61. The minimum Gasteiger partial charge on any atom is -0.243 e. The molecule has 0 aromatic carbocycles. The Labute approximate surface area is 95.6 Å². The van der Waals surface area contributed by atoms with Crippen LogP contribution in [-0.4, -0.2) is 14.8 Å². The van der Waals surface area contributed by atoms with E-state index in [9.17, 15) is 13.2 Å². The summed E-state index contributed by atoms with van der Waals surface area (Å²) < 4.78 is 39.8. The van der Waals surface area contributed by atoms with Crippen LogP contribution in [0.4, 0.5) is 13.2 Å². The summed E-state index contributed by atoms with van der Waals surface area (Å²) in [4.78, 5) is 3.95. The Hall–Kier alpha value is -1.85. The fourth-order valence-electron chi connectivity index (χ4n) is 1.77. The molecule has 2 heterocycles. The van der Waals surface area contributed by atoms with Gasteiger partial charge < -0.3 is 0 Å². The summed E-state index contributed by atoms with van der Waals surface area (Å²) in [6.07, 6.45) is -1.69. The zero-order chi connectivity index (χ0) is 12.6. The SMILES string of the molecule is C=CCn1nc(C)c2c(C(F)(F)F)ccnc21. The predicted molar refractivity (Wildman–Crippen MR) is 57.5 cm³/mol. The fourth-order valence-corrected chi connectivity index (χ4v) is 1.77. The first-order chi connectivity index (χ1) is 7.95. The highest BCUT2D eigenvalue weighted by atomic mass is 19.4. The maximum atomic E-state index is 12.8. The number of halogens is 3. The number of pyridine rings is 1. The molecular formula is C11H10F3N3. The molecule has 0 aliphatic rings. The van der Waals surface area contributed by atoms with Crippen molar-refractivity contribution < 1.29 is 13.2 Å². The Kier molecular flexibility index (Phi) is 2.65. The van der Waals surface area contributed by atoms with Crippen molar-refractivity contribution in [2.75, 3.05) is 0 Å². The Morgan fingerprint density at radius 3 is 2.76 bits per heavy atom. The third kappa shape index (κ3) is 1.90. The average molecular weight is 241 g/mol. The van der Waals surface area contributed by atoms with Gasteiger partial charge in [-0.15, -0.1) is 6.58 Å². The standard InChI is InChI=1S/C11H10F3N3/c1-3-6-17-10-9(7(2)16-17)8(4-5-15-10)11(12,13)14/h3-5H,1,6H2,2H3. The van der Waals surface area contributed by atoms with Crippen molar-refractivity contribution in [1.29, 1.82) is 0 Å². The van der Waals surface area contributed by atoms with Gasteiger partial charge in [0.1, 0.15) is 0 Å². The molecule has 0 radical (unpaired) electrons. The largest absolute Gasteiger partial charge is 0.417 e. The monoisotopic (exact) mass is 241 g/mol. The number of aryl methyl sites for hydroxylation is 1. The van der Waals surface area contributed by atoms with Crippen LogP contribution in [0.2, 0.25) is 0 Å². The van der Waals surface area contributed by atoms with Gasteiger partial charge in [0.25, 0.3) is 0 Å². The van der Waals surface area contributed by atoms with Crippen LogP contribution in [0, 0.1) is 6.92 Å². The summed E-state index contributed by atoms with van der Waals surface area (Å²) in [5.74, 6) is 0. The Morgan fingerprint density at radius 1 is 1.47 bits per heavy atom. The van der Waals surface area contributed by atoms with Gasteiger partial charge in [-0.25, -0.2) is 9.67 Å². The summed E-state index contributed by atoms with van der Waals surface area (Å²) in [6.45, 7) is 5.40. The van der Waals surface area contributed by atoms with Gasteiger partial charge in [0, 0.05) is 6.20 Å². The number of allylic oxidation sites excluding steroid dienone is 1. The van der Waals surface area contributed by atoms with E-state index in [-0.39, 0.29) is 11.0 Å². The normalized spacial score (nSPS) is 12.0. The minimum absolute atomic E-state index is 0.0573. The molecule has 0 amide bonds. The topological polar surface area (TPSA) is 30.7 Å². The van der Waals surface area contributed by atoms with Crippen LogP contribution >= 0.6 is 0 Å². The van der Waals surface area contributed by atoms with E-state index < -0.39 is 11.7 Å². The zero-order valence-electron chi connectivity index (χ0n) is 9.12. The lowest BCUT2D eigenvalue weighted by Crippen LogP contribution is -2.06. The average Bonchev–Trinajstić information content (AvgIpc) is 2.55. The van der Waals surface area contributed by atoms with Crippen molar-refractivity contribution >= 4 is 11.0 Å². The smallest absolute Gasteiger partial charge is 0.243 e. The van der Waals surface area contributed by atoms with Crippen molar-refractivity contribution in [3.63, 3.8) is 0 Å². The zero-order valence-corrected chi connectivity index (χ0v) is 9.12. The molecule has 0 fully saturated rings. The highest BCUT2D eigenvalue weighted by Crippen LogP contribution is 2.35. The lowest BCUT2D eigenvalue weighted by Gasteiger charge is -2.07. The summed E-state index contributed by atoms with van der Waals surface area (Å²) >= 11 is 0. The molecule has 0 bridgehead atoms. The first kappa shape index (κ1) is 11.6. The molecule has 6 heteroatoms. The van der Waals surface area contributed by atoms with Crippen molar-refractivity contribution in [3.8, 4) is 0 Å². The first-order valence-corrected chi connectivity index (χ1v) is 4.95. The van der Waals surface area contributed by atoms with E-state index in [0.29, 0.717) is 12.2 Å². The summed E-state index contributed by atoms with van der Waals surface area (Å²) in [5, 5.41) is 4.09. The number of nitrogens with zero attached hydrogens (tertiary/aromatic N) is 3. The number of rotatable bonds is 2. The molecule has 3 nitrogen and oxygen atoms in total. The van der Waals surface area contributed by atoms with Gasteiger partial charge in [-0.1, -0.05) is 6.08 Å². The molecule has 90 valence electrons. The van der Waals surface area contributed by atoms with E-state index in [1.165, 1.54) is 4.68 Å². The van der Waals surface area contributed by atoms with Crippen LogP contribution in [0.1, 0.15) is 11.3 Å². The van der Waals surface area contributed by atoms with Crippen molar-refractivity contribution in [2.45, 2.75) is 19.6 Å². The molecule has 0 N–H and O–H groups in total. The van der Waals surface area contributed by atoms with Crippen molar-refractivity contribution in [1.82, 2.24) is 14.8 Å². The van der Waals surface area contributed by atoms with E-state index >= 15 is 0 Å².